The van der Waals surface area contributed by atoms with E-state index in [2.05, 4.69) is 10.5 Å². The summed E-state index contributed by atoms with van der Waals surface area (Å²) >= 11 is 11.8. The molecule has 1 N–H and O–H groups in total. The third-order valence-corrected chi connectivity index (χ3v) is 3.34. The molecule has 0 heterocycles. The van der Waals surface area contributed by atoms with E-state index >= 15 is 0 Å². The van der Waals surface area contributed by atoms with Crippen LogP contribution in [0.15, 0.2) is 53.6 Å². The first-order valence-corrected chi connectivity index (χ1v) is 7.24. The van der Waals surface area contributed by atoms with Crippen LogP contribution >= 0.6 is 23.2 Å². The van der Waals surface area contributed by atoms with Gasteiger partial charge in [0.05, 0.1) is 5.71 Å². The van der Waals surface area contributed by atoms with Crippen LogP contribution in [0.4, 0.5) is 0 Å². The lowest BCUT2D eigenvalue weighted by atomic mass is 10.1. The highest BCUT2D eigenvalue weighted by Crippen LogP contribution is 2.13. The number of nitrogens with one attached hydrogen (secondary N) is 1. The van der Waals surface area contributed by atoms with Gasteiger partial charge in [0.1, 0.15) is 0 Å². The third kappa shape index (κ3) is 4.31. The molecule has 3 nitrogen and oxygen atoms in total. The number of benzene rings is 2. The molecule has 0 aliphatic carbocycles. The first kappa shape index (κ1) is 15.5. The second-order valence-electron chi connectivity index (χ2n) is 4.37. The fourth-order valence-electron chi connectivity index (χ4n) is 1.83. The highest BCUT2D eigenvalue weighted by Gasteiger charge is 2.07. The predicted molar refractivity (Wildman–Crippen MR) is 87.2 cm³/mol. The van der Waals surface area contributed by atoms with E-state index in [9.17, 15) is 4.79 Å². The van der Waals surface area contributed by atoms with Crippen molar-refractivity contribution in [2.24, 2.45) is 5.10 Å². The second kappa shape index (κ2) is 7.25. The van der Waals surface area contributed by atoms with Crippen LogP contribution in [0.25, 0.3) is 0 Å². The summed E-state index contributed by atoms with van der Waals surface area (Å²) in [5, 5.41) is 5.32. The first-order chi connectivity index (χ1) is 10.1. The van der Waals surface area contributed by atoms with Crippen LogP contribution < -0.4 is 5.43 Å². The third-order valence-electron chi connectivity index (χ3n) is 2.87. The monoisotopic (exact) mass is 320 g/mol. The van der Waals surface area contributed by atoms with E-state index in [0.717, 1.165) is 11.3 Å². The molecule has 0 bridgehead atoms. The summed E-state index contributed by atoms with van der Waals surface area (Å²) in [6.07, 6.45) is 0.677. The summed E-state index contributed by atoms with van der Waals surface area (Å²) in [6, 6.07) is 14.1. The molecule has 108 valence electrons. The molecule has 0 aromatic heterocycles. The Balaban J connectivity index is 2.16. The van der Waals surface area contributed by atoms with Gasteiger partial charge in [0, 0.05) is 15.6 Å². The molecule has 5 heteroatoms. The van der Waals surface area contributed by atoms with Crippen LogP contribution in [-0.2, 0) is 0 Å². The maximum absolute atomic E-state index is 12.0. The fourth-order valence-corrected chi connectivity index (χ4v) is 2.21. The summed E-state index contributed by atoms with van der Waals surface area (Å²) in [5.41, 5.74) is 4.65. The van der Waals surface area contributed by atoms with Gasteiger partial charge < -0.3 is 0 Å². The number of rotatable bonds is 4. The molecular formula is C16H14Cl2N2O. The van der Waals surface area contributed by atoms with Crippen molar-refractivity contribution < 1.29 is 4.79 Å². The maximum Gasteiger partial charge on any atom is 0.271 e. The summed E-state index contributed by atoms with van der Waals surface area (Å²) in [6.45, 7) is 1.96. The second-order valence-corrected chi connectivity index (χ2v) is 5.25. The zero-order chi connectivity index (χ0) is 15.2. The Morgan fingerprint density at radius 2 is 1.62 bits per heavy atom. The normalized spacial score (nSPS) is 11.3. The minimum Gasteiger partial charge on any atom is -0.267 e. The zero-order valence-electron chi connectivity index (χ0n) is 11.4. The molecule has 1 amide bonds. The average molecular weight is 321 g/mol. The number of hydrogen-bond donors (Lipinski definition) is 1. The Kier molecular flexibility index (Phi) is 5.37. The van der Waals surface area contributed by atoms with Crippen LogP contribution in [0.2, 0.25) is 10.0 Å². The SMILES string of the molecule is CC/C(=N\NC(=O)c1cccc(Cl)c1)c1cccc(Cl)c1. The van der Waals surface area contributed by atoms with Crippen LogP contribution in [-0.4, -0.2) is 11.6 Å². The van der Waals surface area contributed by atoms with E-state index in [4.69, 9.17) is 23.2 Å². The number of amides is 1. The molecular weight excluding hydrogens is 307 g/mol. The highest BCUT2D eigenvalue weighted by atomic mass is 35.5. The van der Waals surface area contributed by atoms with Crippen molar-refractivity contribution in [2.45, 2.75) is 13.3 Å². The Hall–Kier alpha value is -1.84. The van der Waals surface area contributed by atoms with E-state index in [1.807, 2.05) is 25.1 Å². The van der Waals surface area contributed by atoms with E-state index in [1.165, 1.54) is 0 Å². The van der Waals surface area contributed by atoms with Crippen LogP contribution in [0.5, 0.6) is 0 Å². The highest BCUT2D eigenvalue weighted by molar-refractivity contribution is 6.31. The lowest BCUT2D eigenvalue weighted by Gasteiger charge is -2.06. The van der Waals surface area contributed by atoms with E-state index < -0.39 is 0 Å². The van der Waals surface area contributed by atoms with E-state index in [1.54, 1.807) is 30.3 Å². The van der Waals surface area contributed by atoms with Gasteiger partial charge in [-0.1, -0.05) is 48.3 Å². The minimum absolute atomic E-state index is 0.300. The summed E-state index contributed by atoms with van der Waals surface area (Å²) in [4.78, 5) is 12.0. The van der Waals surface area contributed by atoms with Crippen molar-refractivity contribution in [3.8, 4) is 0 Å². The molecule has 0 spiro atoms. The topological polar surface area (TPSA) is 41.5 Å². The van der Waals surface area contributed by atoms with Gasteiger partial charge in [-0.3, -0.25) is 4.79 Å². The molecule has 0 saturated carbocycles. The van der Waals surface area contributed by atoms with E-state index in [-0.39, 0.29) is 5.91 Å². The van der Waals surface area contributed by atoms with E-state index in [0.29, 0.717) is 22.0 Å². The lowest BCUT2D eigenvalue weighted by Crippen LogP contribution is -2.20. The van der Waals surface area contributed by atoms with Crippen LogP contribution in [0.1, 0.15) is 29.3 Å². The molecule has 0 unspecified atom stereocenters. The molecule has 2 aromatic rings. The summed E-state index contributed by atoms with van der Waals surface area (Å²) in [7, 11) is 0. The van der Waals surface area contributed by atoms with Gasteiger partial charge in [-0.05, 0) is 42.3 Å². The maximum atomic E-state index is 12.0. The number of hydrogen-bond acceptors (Lipinski definition) is 2. The Morgan fingerprint density at radius 3 is 2.19 bits per heavy atom. The lowest BCUT2D eigenvalue weighted by molar-refractivity contribution is 0.0955. The summed E-state index contributed by atoms with van der Waals surface area (Å²) in [5.74, 6) is -0.300. The Morgan fingerprint density at radius 1 is 1.05 bits per heavy atom. The smallest absolute Gasteiger partial charge is 0.267 e. The van der Waals surface area contributed by atoms with Crippen molar-refractivity contribution in [3.63, 3.8) is 0 Å². The van der Waals surface area contributed by atoms with Gasteiger partial charge in [-0.15, -0.1) is 0 Å². The van der Waals surface area contributed by atoms with Crippen LogP contribution in [0, 0.1) is 0 Å². The van der Waals surface area contributed by atoms with Gasteiger partial charge in [0.2, 0.25) is 0 Å². The molecule has 0 saturated heterocycles. The average Bonchev–Trinajstić information content (AvgIpc) is 2.48. The van der Waals surface area contributed by atoms with Gasteiger partial charge in [-0.2, -0.15) is 5.10 Å². The van der Waals surface area contributed by atoms with Gasteiger partial charge >= 0.3 is 0 Å². The van der Waals surface area contributed by atoms with Crippen molar-refractivity contribution in [3.05, 3.63) is 69.7 Å². The first-order valence-electron chi connectivity index (χ1n) is 6.48. The molecule has 0 aliphatic heterocycles. The molecule has 0 atom stereocenters. The predicted octanol–water partition coefficient (Wildman–Crippen LogP) is 4.54. The molecule has 2 aromatic carbocycles. The fraction of sp³-hybridized carbons (Fsp3) is 0.125. The number of hydrazone groups is 1. The number of carbonyl (C=O) groups excluding carboxylic acids is 1. The molecule has 21 heavy (non-hydrogen) atoms. The zero-order valence-corrected chi connectivity index (χ0v) is 12.9. The van der Waals surface area contributed by atoms with Gasteiger partial charge in [-0.25, -0.2) is 5.43 Å². The van der Waals surface area contributed by atoms with Crippen LogP contribution in [0.3, 0.4) is 0 Å². The molecule has 0 radical (unpaired) electrons. The van der Waals surface area contributed by atoms with Crippen molar-refractivity contribution in [1.29, 1.82) is 0 Å². The van der Waals surface area contributed by atoms with Gasteiger partial charge in [0.15, 0.2) is 0 Å². The molecule has 2 rings (SSSR count). The quantitative estimate of drug-likeness (QED) is 0.652. The largest absolute Gasteiger partial charge is 0.271 e. The Bertz CT molecular complexity index is 683. The van der Waals surface area contributed by atoms with Crippen molar-refractivity contribution in [2.75, 3.05) is 0 Å². The summed E-state index contributed by atoms with van der Waals surface area (Å²) < 4.78 is 0. The number of halogens is 2. The Labute approximate surface area is 133 Å². The standard InChI is InChI=1S/C16H14Cl2N2O/c1-2-15(11-5-3-7-13(17)9-11)19-20-16(21)12-6-4-8-14(18)10-12/h3-10H,2H2,1H3,(H,20,21)/b19-15+. The van der Waals surface area contributed by atoms with Crippen molar-refractivity contribution in [1.82, 2.24) is 5.43 Å². The van der Waals surface area contributed by atoms with Gasteiger partial charge in [0.25, 0.3) is 5.91 Å². The van der Waals surface area contributed by atoms with Crippen molar-refractivity contribution >= 4 is 34.8 Å². The number of nitrogens with zero attached hydrogens (tertiary/aromatic N) is 1. The minimum atomic E-state index is -0.300. The molecule has 0 fully saturated rings. The molecule has 0 aliphatic rings. The number of carbonyl (C=O) groups is 1.